The molecule has 0 unspecified atom stereocenters. The average Bonchev–Trinajstić information content (AvgIpc) is 3.97. The second kappa shape index (κ2) is 15.8. The lowest BCUT2D eigenvalue weighted by Crippen LogP contribution is -2.54. The molecule has 0 saturated carbocycles. The minimum atomic E-state index is -0.856. The minimum absolute atomic E-state index is 0.00114. The molecule has 3 N–H and O–H groups in total. The number of rotatable bonds is 5. The van der Waals surface area contributed by atoms with E-state index in [1.54, 1.807) is 4.90 Å². The van der Waals surface area contributed by atoms with Crippen LogP contribution in [0.2, 0.25) is 0 Å². The van der Waals surface area contributed by atoms with Crippen molar-refractivity contribution in [2.75, 3.05) is 18.1 Å². The zero-order valence-corrected chi connectivity index (χ0v) is 31.2. The van der Waals surface area contributed by atoms with Gasteiger partial charge in [-0.1, -0.05) is 74.5 Å². The summed E-state index contributed by atoms with van der Waals surface area (Å²) in [5.74, 6) is 0.108. The summed E-state index contributed by atoms with van der Waals surface area (Å²) in [6.07, 6.45) is 1.63. The first-order valence-corrected chi connectivity index (χ1v) is 20.1. The molecular formula is C38H45N7O5S2. The van der Waals surface area contributed by atoms with Crippen molar-refractivity contribution in [2.24, 2.45) is 20.9 Å². The number of nitrogens with one attached hydrogen (secondary N) is 3. The topological polar surface area (TPSA) is 154 Å². The second-order valence-corrected chi connectivity index (χ2v) is 16.3. The Bertz CT molecular complexity index is 1770. The predicted molar refractivity (Wildman–Crippen MR) is 205 cm³/mol. The quantitative estimate of drug-likeness (QED) is 0.426. The van der Waals surface area contributed by atoms with Crippen molar-refractivity contribution >= 4 is 63.1 Å². The molecule has 7 rings (SSSR count). The molecular weight excluding hydrogens is 699 g/mol. The normalized spacial score (nSPS) is 31.1. The van der Waals surface area contributed by atoms with Crippen molar-refractivity contribution in [3.05, 3.63) is 71.8 Å². The van der Waals surface area contributed by atoms with Gasteiger partial charge in [0.25, 0.3) is 0 Å². The van der Waals surface area contributed by atoms with Crippen LogP contribution >= 0.6 is 23.5 Å². The van der Waals surface area contributed by atoms with E-state index in [2.05, 4.69) is 16.0 Å². The van der Waals surface area contributed by atoms with E-state index in [1.165, 1.54) is 23.5 Å². The third-order valence-corrected chi connectivity index (χ3v) is 12.4. The molecule has 4 amide bonds. The Morgan fingerprint density at radius 1 is 0.769 bits per heavy atom. The number of aliphatic imine (C=N–C) groups is 3. The SMILES string of the molecule is CC(C)[C@@H]1NC(=O)[C@H]2N=C(O[C@@H]2C)[C@@H]2CCCN2C(=O)[C@H](Cc2ccccc2)NC(=O)[C@@H]2CSC(=N2)[C@H](Cc2ccccc2)NC(=O)[C@@H]2CSC1=N2. The van der Waals surface area contributed by atoms with Crippen molar-refractivity contribution in [1.29, 1.82) is 0 Å². The van der Waals surface area contributed by atoms with Gasteiger partial charge in [-0.15, -0.1) is 23.5 Å². The number of benzene rings is 2. The van der Waals surface area contributed by atoms with Crippen LogP contribution in [0.4, 0.5) is 0 Å². The molecule has 8 atom stereocenters. The third kappa shape index (κ3) is 7.92. The fourth-order valence-corrected chi connectivity index (χ4v) is 9.62. The smallest absolute Gasteiger partial charge is 0.249 e. The lowest BCUT2D eigenvalue weighted by atomic mass is 10.0. The van der Waals surface area contributed by atoms with Crippen LogP contribution in [0.3, 0.4) is 0 Å². The Kier molecular flexibility index (Phi) is 11.0. The van der Waals surface area contributed by atoms with Gasteiger partial charge in [0.05, 0.1) is 22.2 Å². The molecule has 5 aliphatic heterocycles. The summed E-state index contributed by atoms with van der Waals surface area (Å²) in [5.41, 5.74) is 1.93. The van der Waals surface area contributed by atoms with Crippen LogP contribution in [-0.2, 0) is 36.8 Å². The monoisotopic (exact) mass is 743 g/mol. The summed E-state index contributed by atoms with van der Waals surface area (Å²) in [4.78, 5) is 72.2. The number of carbonyl (C=O) groups excluding carboxylic acids is 4. The third-order valence-electron chi connectivity index (χ3n) is 10.1. The number of hydrogen-bond donors (Lipinski definition) is 3. The van der Waals surface area contributed by atoms with Crippen LogP contribution in [0.25, 0.3) is 0 Å². The van der Waals surface area contributed by atoms with E-state index in [0.717, 1.165) is 17.5 Å². The lowest BCUT2D eigenvalue weighted by molar-refractivity contribution is -0.136. The maximum atomic E-state index is 14.4. The molecule has 0 aromatic heterocycles. The number of nitrogens with zero attached hydrogens (tertiary/aromatic N) is 4. The summed E-state index contributed by atoms with van der Waals surface area (Å²) in [7, 11) is 0. The van der Waals surface area contributed by atoms with Gasteiger partial charge < -0.3 is 25.6 Å². The zero-order chi connectivity index (χ0) is 36.4. The summed E-state index contributed by atoms with van der Waals surface area (Å²) in [6.45, 7) is 6.31. The molecule has 6 bridgehead atoms. The van der Waals surface area contributed by atoms with Gasteiger partial charge in [0.1, 0.15) is 30.3 Å². The molecule has 0 spiro atoms. The van der Waals surface area contributed by atoms with E-state index in [-0.39, 0.29) is 29.5 Å². The summed E-state index contributed by atoms with van der Waals surface area (Å²) in [5, 5.41) is 10.8. The molecule has 5 heterocycles. The minimum Gasteiger partial charge on any atom is -0.474 e. The molecule has 0 aliphatic carbocycles. The van der Waals surface area contributed by atoms with Gasteiger partial charge in [-0.05, 0) is 43.2 Å². The van der Waals surface area contributed by atoms with Crippen LogP contribution in [0.5, 0.6) is 0 Å². The van der Waals surface area contributed by atoms with Gasteiger partial charge in [-0.3, -0.25) is 29.2 Å². The second-order valence-electron chi connectivity index (χ2n) is 14.2. The van der Waals surface area contributed by atoms with Crippen LogP contribution in [0.15, 0.2) is 75.6 Å². The number of thioether (sulfide) groups is 2. The standard InChI is InChI=1S/C38H45N7O5S2/c1-21(2)30-37-42-28(20-52-37)32(46)39-25(17-23-11-6-4-7-12-23)36-41-27(19-51-36)33(47)40-26(18-24-13-8-5-9-14-24)38(49)45-16-10-15-29(45)35-44-31(22(3)50-35)34(48)43-30/h4-9,11-14,21-22,25-31H,10,15-20H2,1-3H3,(H,39,46)(H,40,47)(H,43,48)/t22-,25+,26+,27+,28+,29+,30+,31+/m1/s1. The number of carbonyl (C=O) groups is 4. The van der Waals surface area contributed by atoms with E-state index in [9.17, 15) is 19.2 Å². The zero-order valence-electron chi connectivity index (χ0n) is 29.6. The Morgan fingerprint density at radius 2 is 1.35 bits per heavy atom. The molecule has 1 saturated heterocycles. The van der Waals surface area contributed by atoms with Crippen molar-refractivity contribution in [3.63, 3.8) is 0 Å². The largest absolute Gasteiger partial charge is 0.474 e. The highest BCUT2D eigenvalue weighted by molar-refractivity contribution is 8.14. The molecule has 5 aliphatic rings. The molecule has 2 aromatic rings. The molecule has 274 valence electrons. The molecule has 52 heavy (non-hydrogen) atoms. The lowest BCUT2D eigenvalue weighted by Gasteiger charge is -2.29. The number of hydrogen-bond acceptors (Lipinski definition) is 10. The Balaban J connectivity index is 1.24. The maximum Gasteiger partial charge on any atom is 0.249 e. The van der Waals surface area contributed by atoms with Crippen molar-refractivity contribution < 1.29 is 23.9 Å². The summed E-state index contributed by atoms with van der Waals surface area (Å²) >= 11 is 2.93. The van der Waals surface area contributed by atoms with Gasteiger partial charge in [0.2, 0.25) is 29.5 Å². The van der Waals surface area contributed by atoms with Crippen LogP contribution in [-0.4, -0.2) is 111 Å². The van der Waals surface area contributed by atoms with Gasteiger partial charge >= 0.3 is 0 Å². The highest BCUT2D eigenvalue weighted by Crippen LogP contribution is 2.29. The van der Waals surface area contributed by atoms with E-state index >= 15 is 0 Å². The maximum absolute atomic E-state index is 14.4. The first-order chi connectivity index (χ1) is 25.1. The highest BCUT2D eigenvalue weighted by Gasteiger charge is 2.44. The predicted octanol–water partition coefficient (Wildman–Crippen LogP) is 2.80. The Morgan fingerprint density at radius 3 is 1.98 bits per heavy atom. The fraction of sp³-hybridized carbons (Fsp3) is 0.500. The molecule has 12 nitrogen and oxygen atoms in total. The molecule has 2 aromatic carbocycles. The summed E-state index contributed by atoms with van der Waals surface area (Å²) < 4.78 is 6.21. The Labute approximate surface area is 312 Å². The highest BCUT2D eigenvalue weighted by atomic mass is 32.2. The van der Waals surface area contributed by atoms with Gasteiger partial charge in [0.15, 0.2) is 6.04 Å². The summed E-state index contributed by atoms with van der Waals surface area (Å²) in [6, 6.07) is 15.1. The number of amides is 4. The van der Waals surface area contributed by atoms with Crippen LogP contribution < -0.4 is 16.0 Å². The first-order valence-electron chi connectivity index (χ1n) is 18.1. The van der Waals surface area contributed by atoms with Gasteiger partial charge in [-0.25, -0.2) is 4.99 Å². The average molecular weight is 744 g/mol. The van der Waals surface area contributed by atoms with Crippen LogP contribution in [0, 0.1) is 5.92 Å². The van der Waals surface area contributed by atoms with E-state index in [0.29, 0.717) is 53.3 Å². The van der Waals surface area contributed by atoms with Gasteiger partial charge in [-0.2, -0.15) is 0 Å². The van der Waals surface area contributed by atoms with Crippen molar-refractivity contribution in [3.8, 4) is 0 Å². The number of fused-ring (bicyclic) bond motifs is 5. The number of ether oxygens (including phenoxy) is 1. The van der Waals surface area contributed by atoms with Gasteiger partial charge in [0, 0.05) is 24.5 Å². The molecule has 14 heteroatoms. The molecule has 0 radical (unpaired) electrons. The fourth-order valence-electron chi connectivity index (χ4n) is 7.25. The van der Waals surface area contributed by atoms with Crippen molar-refractivity contribution in [1.82, 2.24) is 20.9 Å². The van der Waals surface area contributed by atoms with E-state index < -0.39 is 48.4 Å². The Hall–Kier alpha value is -4.17. The van der Waals surface area contributed by atoms with E-state index in [1.807, 2.05) is 81.4 Å². The van der Waals surface area contributed by atoms with E-state index in [4.69, 9.17) is 19.7 Å². The first kappa shape index (κ1) is 36.2. The molecule has 1 fully saturated rings. The van der Waals surface area contributed by atoms with Crippen molar-refractivity contribution in [2.45, 2.75) is 94.9 Å². The van der Waals surface area contributed by atoms with Crippen LogP contribution in [0.1, 0.15) is 44.7 Å².